The van der Waals surface area contributed by atoms with Crippen LogP contribution in [0.15, 0.2) is 60.0 Å². The van der Waals surface area contributed by atoms with Gasteiger partial charge in [0.1, 0.15) is 12.2 Å². The molecule has 264 valence electrons. The molecule has 6 N–H and O–H groups in total. The summed E-state index contributed by atoms with van der Waals surface area (Å²) >= 11 is 0. The summed E-state index contributed by atoms with van der Waals surface area (Å²) in [6.07, 6.45) is -9.57. The number of guanidine groups is 1. The van der Waals surface area contributed by atoms with E-state index in [1.165, 1.54) is 24.5 Å². The molecule has 3 atom stereocenters. The summed E-state index contributed by atoms with van der Waals surface area (Å²) < 4.78 is 101. The zero-order chi connectivity index (χ0) is 36.5. The lowest BCUT2D eigenvalue weighted by molar-refractivity contribution is -0.202. The summed E-state index contributed by atoms with van der Waals surface area (Å²) in [5.41, 5.74) is 9.02. The molecule has 2 amide bonds. The topological polar surface area (TPSA) is 202 Å². The lowest BCUT2D eigenvalue weighted by Crippen LogP contribution is -2.41. The number of carbonyl (C=O) groups excluding carboxylic acids is 4. The maximum absolute atomic E-state index is 14.2. The minimum absolute atomic E-state index is 0.0751. The largest absolute Gasteiger partial charge is 0.491 e. The van der Waals surface area contributed by atoms with Crippen molar-refractivity contribution in [3.63, 3.8) is 0 Å². The average molecular weight is 712 g/mol. The van der Waals surface area contributed by atoms with Gasteiger partial charge in [-0.2, -0.15) is 36.5 Å². The molecular weight excluding hydrogens is 687 g/mol. The van der Waals surface area contributed by atoms with Gasteiger partial charge in [0.2, 0.25) is 11.8 Å². The highest BCUT2D eigenvalue weighted by Gasteiger charge is 2.44. The minimum atomic E-state index is -5.62. The van der Waals surface area contributed by atoms with Gasteiger partial charge >= 0.3 is 24.3 Å². The summed E-state index contributed by atoms with van der Waals surface area (Å²) in [7, 11) is 0. The molecule has 2 unspecified atom stereocenters. The Bertz CT molecular complexity index is 1990. The van der Waals surface area contributed by atoms with Crippen molar-refractivity contribution in [3.8, 4) is 5.69 Å². The molecule has 0 fully saturated rings. The summed E-state index contributed by atoms with van der Waals surface area (Å²) in [5.74, 6) is -8.94. The van der Waals surface area contributed by atoms with E-state index in [0.29, 0.717) is 12.1 Å². The summed E-state index contributed by atoms with van der Waals surface area (Å²) in [6, 6.07) is 4.10. The molecule has 0 radical (unpaired) electrons. The van der Waals surface area contributed by atoms with Gasteiger partial charge in [-0.3, -0.25) is 19.1 Å². The molecular formula is C29H24F7N9O5. The minimum Gasteiger partial charge on any atom is -0.386 e. The van der Waals surface area contributed by atoms with Gasteiger partial charge in [-0.15, -0.1) is 0 Å². The molecule has 1 aliphatic heterocycles. The number of nitrogens with one attached hydrogen (secondary N) is 2. The van der Waals surface area contributed by atoms with Crippen molar-refractivity contribution >= 4 is 46.3 Å². The van der Waals surface area contributed by atoms with Crippen LogP contribution >= 0.6 is 0 Å². The number of carbonyl (C=O) groups is 4. The van der Waals surface area contributed by atoms with Gasteiger partial charge in [-0.1, -0.05) is 0 Å². The number of fused-ring (bicyclic) bond motifs is 1. The number of benzene rings is 2. The summed E-state index contributed by atoms with van der Waals surface area (Å²) in [5, 5.41) is 13.7. The highest BCUT2D eigenvalue weighted by molar-refractivity contribution is 6.07. The van der Waals surface area contributed by atoms with Crippen LogP contribution in [0.4, 0.5) is 36.4 Å². The fourth-order valence-corrected chi connectivity index (χ4v) is 5.19. The van der Waals surface area contributed by atoms with Gasteiger partial charge in [0.05, 0.1) is 48.2 Å². The van der Waals surface area contributed by atoms with Crippen molar-refractivity contribution in [3.05, 3.63) is 71.7 Å². The quantitative estimate of drug-likeness (QED) is 0.114. The fourth-order valence-electron chi connectivity index (χ4n) is 5.19. The number of amides is 2. The maximum atomic E-state index is 14.2. The van der Waals surface area contributed by atoms with E-state index in [9.17, 15) is 49.9 Å². The van der Waals surface area contributed by atoms with Gasteiger partial charge in [0, 0.05) is 29.3 Å². The standard InChI is InChI=1S/C29H24F7N9O5/c30-16-10-39-27(40-11-16)43-20-6-14(24(37)47)7-21-19(20)12-42-45(21)23(25(38)48)18(9-22(46)50-26(49)29(34,35)36)13-4-15(28(31,32)33)8-17(5-13)44-3-1-2-41-44/h1-8,12,16,18,23H,9-11H2,(H2,37,47)(H2,38,48)(H2,39,40,43)/t18-,23?/m0/s1. The molecule has 4 aromatic rings. The zero-order valence-corrected chi connectivity index (χ0v) is 25.1. The highest BCUT2D eigenvalue weighted by atomic mass is 19.4. The number of primary amides is 2. The third kappa shape index (κ3) is 7.65. The van der Waals surface area contributed by atoms with Crippen LogP contribution in [0, 0.1) is 0 Å². The Morgan fingerprint density at radius 3 is 2.36 bits per heavy atom. The number of esters is 2. The predicted octanol–water partition coefficient (Wildman–Crippen LogP) is 2.88. The first-order valence-corrected chi connectivity index (χ1v) is 14.3. The van der Waals surface area contributed by atoms with Crippen LogP contribution in [0.5, 0.6) is 0 Å². The van der Waals surface area contributed by atoms with Gasteiger partial charge in [0.25, 0.3) is 0 Å². The lowest BCUT2D eigenvalue weighted by atomic mass is 9.86. The van der Waals surface area contributed by atoms with Crippen LogP contribution in [-0.2, 0) is 25.3 Å². The molecule has 21 heteroatoms. The first-order chi connectivity index (χ1) is 23.4. The number of aliphatic imine (C=N–C) groups is 1. The molecule has 0 saturated heterocycles. The van der Waals surface area contributed by atoms with E-state index in [4.69, 9.17) is 11.5 Å². The van der Waals surface area contributed by atoms with Crippen molar-refractivity contribution in [2.45, 2.75) is 36.9 Å². The molecule has 0 bridgehead atoms. The van der Waals surface area contributed by atoms with Crippen LogP contribution in [0.3, 0.4) is 0 Å². The number of alkyl halides is 7. The normalized spacial score (nSPS) is 16.2. The van der Waals surface area contributed by atoms with Crippen molar-refractivity contribution in [1.29, 1.82) is 0 Å². The second-order valence-electron chi connectivity index (χ2n) is 10.9. The summed E-state index contributed by atoms with van der Waals surface area (Å²) in [6.45, 7) is -0.317. The van der Waals surface area contributed by atoms with Crippen molar-refractivity contribution < 1.29 is 54.6 Å². The van der Waals surface area contributed by atoms with E-state index in [2.05, 4.69) is 30.6 Å². The van der Waals surface area contributed by atoms with Gasteiger partial charge < -0.3 is 26.8 Å². The van der Waals surface area contributed by atoms with Crippen molar-refractivity contribution in [1.82, 2.24) is 24.9 Å². The van der Waals surface area contributed by atoms with Gasteiger partial charge in [0.15, 0.2) is 5.96 Å². The molecule has 2 aromatic carbocycles. The number of aromatic nitrogens is 4. The molecule has 0 spiro atoms. The predicted molar refractivity (Wildman–Crippen MR) is 158 cm³/mol. The molecule has 3 heterocycles. The molecule has 0 aliphatic carbocycles. The second-order valence-corrected chi connectivity index (χ2v) is 10.9. The number of hydrogen-bond donors (Lipinski definition) is 4. The Morgan fingerprint density at radius 1 is 1.04 bits per heavy atom. The number of nitrogens with zero attached hydrogens (tertiary/aromatic N) is 5. The first-order valence-electron chi connectivity index (χ1n) is 14.3. The maximum Gasteiger partial charge on any atom is 0.491 e. The van der Waals surface area contributed by atoms with Crippen LogP contribution in [0.2, 0.25) is 0 Å². The van der Waals surface area contributed by atoms with E-state index < -0.39 is 71.8 Å². The second kappa shape index (κ2) is 13.5. The third-order valence-electron chi connectivity index (χ3n) is 7.42. The Labute approximate surface area is 275 Å². The Balaban J connectivity index is 1.70. The Morgan fingerprint density at radius 2 is 1.78 bits per heavy atom. The Kier molecular flexibility index (Phi) is 9.51. The van der Waals surface area contributed by atoms with Gasteiger partial charge in [-0.25, -0.2) is 18.9 Å². The van der Waals surface area contributed by atoms with Gasteiger partial charge in [-0.05, 0) is 42.0 Å². The summed E-state index contributed by atoms with van der Waals surface area (Å²) in [4.78, 5) is 53.8. The van der Waals surface area contributed by atoms with Crippen LogP contribution in [0.25, 0.3) is 16.6 Å². The molecule has 50 heavy (non-hydrogen) atoms. The molecule has 2 aromatic heterocycles. The van der Waals surface area contributed by atoms with Crippen LogP contribution in [-0.4, -0.2) is 74.7 Å². The molecule has 0 saturated carbocycles. The first kappa shape index (κ1) is 35.3. The molecule has 1 aliphatic rings. The van der Waals surface area contributed by atoms with E-state index in [1.54, 1.807) is 0 Å². The SMILES string of the molecule is NC(=O)c1cc(NC2=NCC(F)CN2)c2cnn(C(C(N)=O)[C@@H](CC(=O)OC(=O)C(F)(F)F)c3cc(-n4cccn4)cc(C(F)(F)F)c3)c2c1. The number of halogens is 7. The zero-order valence-electron chi connectivity index (χ0n) is 25.1. The van der Waals surface area contributed by atoms with Crippen molar-refractivity contribution in [2.24, 2.45) is 16.5 Å². The van der Waals surface area contributed by atoms with E-state index in [-0.39, 0.29) is 46.9 Å². The van der Waals surface area contributed by atoms with Crippen molar-refractivity contribution in [2.75, 3.05) is 18.4 Å². The number of anilines is 1. The smallest absolute Gasteiger partial charge is 0.386 e. The highest BCUT2D eigenvalue weighted by Crippen LogP contribution is 2.40. The monoisotopic (exact) mass is 711 g/mol. The lowest BCUT2D eigenvalue weighted by Gasteiger charge is -2.27. The van der Waals surface area contributed by atoms with E-state index in [0.717, 1.165) is 27.7 Å². The van der Waals surface area contributed by atoms with Crippen LogP contribution in [0.1, 0.15) is 39.9 Å². The molecule has 5 rings (SSSR count). The van der Waals surface area contributed by atoms with E-state index in [1.807, 2.05) is 0 Å². The fraction of sp³-hybridized carbons (Fsp3) is 0.276. The number of ether oxygens (including phenoxy) is 1. The number of rotatable bonds is 9. The van der Waals surface area contributed by atoms with E-state index >= 15 is 0 Å². The number of hydrogen-bond acceptors (Lipinski definition) is 10. The third-order valence-corrected chi connectivity index (χ3v) is 7.42. The Hall–Kier alpha value is -6.02. The average Bonchev–Trinajstić information content (AvgIpc) is 3.72. The van der Waals surface area contributed by atoms with Crippen LogP contribution < -0.4 is 22.1 Å². The number of nitrogens with two attached hydrogens (primary N) is 2. The molecule has 14 nitrogen and oxygen atoms in total.